The number of amides is 1. The highest BCUT2D eigenvalue weighted by Gasteiger charge is 2.39. The van der Waals surface area contributed by atoms with Crippen LogP contribution in [0, 0.1) is 5.41 Å². The molecule has 0 bridgehead atoms. The van der Waals surface area contributed by atoms with Crippen LogP contribution in [0.2, 0.25) is 0 Å². The topological polar surface area (TPSA) is 58.4 Å². The van der Waals surface area contributed by atoms with Crippen molar-refractivity contribution in [2.24, 2.45) is 5.41 Å². The molecule has 1 atom stereocenters. The number of anilines is 1. The lowest BCUT2D eigenvalue weighted by Gasteiger charge is -2.32. The fourth-order valence-corrected chi connectivity index (χ4v) is 2.52. The Morgan fingerprint density at radius 3 is 2.94 bits per heavy atom. The second kappa shape index (κ2) is 4.49. The Hall–Kier alpha value is -1.36. The molecule has 17 heavy (non-hydrogen) atoms. The molecule has 0 saturated carbocycles. The van der Waals surface area contributed by atoms with Crippen molar-refractivity contribution in [3.8, 4) is 0 Å². The fourth-order valence-electron chi connectivity index (χ4n) is 2.52. The molecular formula is C12H19N3O2. The normalized spacial score (nSPS) is 24.8. The van der Waals surface area contributed by atoms with Gasteiger partial charge >= 0.3 is 0 Å². The van der Waals surface area contributed by atoms with Gasteiger partial charge in [0, 0.05) is 6.54 Å². The molecule has 1 aliphatic rings. The molecule has 2 heterocycles. The van der Waals surface area contributed by atoms with Crippen LogP contribution < -0.4 is 10.2 Å². The third kappa shape index (κ3) is 2.20. The summed E-state index contributed by atoms with van der Waals surface area (Å²) in [6, 6.07) is -0.179. The molecule has 1 amide bonds. The Morgan fingerprint density at radius 1 is 1.59 bits per heavy atom. The van der Waals surface area contributed by atoms with Gasteiger partial charge in [0.2, 0.25) is 5.91 Å². The minimum absolute atomic E-state index is 0.0374. The van der Waals surface area contributed by atoms with Gasteiger partial charge in [-0.05, 0) is 25.3 Å². The Balaban J connectivity index is 2.29. The van der Waals surface area contributed by atoms with E-state index >= 15 is 0 Å². The summed E-state index contributed by atoms with van der Waals surface area (Å²) in [6.45, 7) is 4.95. The number of nitrogens with one attached hydrogen (secondary N) is 1. The number of hydrogen-bond acceptors (Lipinski definition) is 4. The van der Waals surface area contributed by atoms with Crippen LogP contribution in [-0.4, -0.2) is 30.5 Å². The van der Waals surface area contributed by atoms with Gasteiger partial charge in [-0.1, -0.05) is 13.8 Å². The van der Waals surface area contributed by atoms with Crippen molar-refractivity contribution in [2.45, 2.75) is 32.7 Å². The molecule has 1 aromatic rings. The SMILES string of the molecule is CNC1C(=O)N(c2cocn2)CCCC1(C)C. The van der Waals surface area contributed by atoms with Gasteiger partial charge in [-0.3, -0.25) is 9.69 Å². The van der Waals surface area contributed by atoms with Crippen LogP contribution in [0.4, 0.5) is 5.82 Å². The van der Waals surface area contributed by atoms with Crippen molar-refractivity contribution < 1.29 is 9.21 Å². The molecular weight excluding hydrogens is 218 g/mol. The lowest BCUT2D eigenvalue weighted by molar-refractivity contribution is -0.122. The molecule has 5 heteroatoms. The van der Waals surface area contributed by atoms with Crippen molar-refractivity contribution in [1.29, 1.82) is 0 Å². The molecule has 1 aliphatic heterocycles. The monoisotopic (exact) mass is 237 g/mol. The van der Waals surface area contributed by atoms with Gasteiger partial charge in [-0.15, -0.1) is 0 Å². The van der Waals surface area contributed by atoms with Gasteiger partial charge in [0.05, 0.1) is 6.04 Å². The van der Waals surface area contributed by atoms with Crippen LogP contribution in [0.1, 0.15) is 26.7 Å². The third-order valence-corrected chi connectivity index (χ3v) is 3.48. The zero-order chi connectivity index (χ0) is 12.5. The molecule has 1 saturated heterocycles. The summed E-state index contributed by atoms with van der Waals surface area (Å²) in [5.74, 6) is 0.678. The maximum absolute atomic E-state index is 12.5. The van der Waals surface area contributed by atoms with Gasteiger partial charge in [0.1, 0.15) is 6.26 Å². The number of oxazole rings is 1. The van der Waals surface area contributed by atoms with Crippen molar-refractivity contribution in [2.75, 3.05) is 18.5 Å². The molecule has 0 radical (unpaired) electrons. The number of carbonyl (C=O) groups is 1. The predicted octanol–water partition coefficient (Wildman–Crippen LogP) is 1.42. The predicted molar refractivity (Wildman–Crippen MR) is 64.7 cm³/mol. The molecule has 1 unspecified atom stereocenters. The second-order valence-electron chi connectivity index (χ2n) is 5.15. The average molecular weight is 237 g/mol. The van der Waals surface area contributed by atoms with Crippen LogP contribution in [-0.2, 0) is 4.79 Å². The van der Waals surface area contributed by atoms with E-state index < -0.39 is 0 Å². The number of rotatable bonds is 2. The summed E-state index contributed by atoms with van der Waals surface area (Å²) in [5.41, 5.74) is -0.0374. The maximum atomic E-state index is 12.5. The highest BCUT2D eigenvalue weighted by atomic mass is 16.3. The van der Waals surface area contributed by atoms with E-state index in [1.165, 1.54) is 12.7 Å². The second-order valence-corrected chi connectivity index (χ2v) is 5.15. The van der Waals surface area contributed by atoms with Gasteiger partial charge in [-0.25, -0.2) is 0 Å². The number of carbonyl (C=O) groups excluding carboxylic acids is 1. The van der Waals surface area contributed by atoms with E-state index in [4.69, 9.17) is 4.42 Å². The molecule has 5 nitrogen and oxygen atoms in total. The number of likely N-dealkylation sites (N-methyl/N-ethyl adjacent to an activating group) is 1. The average Bonchev–Trinajstić information content (AvgIpc) is 2.74. The quantitative estimate of drug-likeness (QED) is 0.845. The minimum Gasteiger partial charge on any atom is -0.449 e. The molecule has 0 spiro atoms. The van der Waals surface area contributed by atoms with Crippen LogP contribution >= 0.6 is 0 Å². The Kier molecular flexibility index (Phi) is 3.19. The third-order valence-electron chi connectivity index (χ3n) is 3.48. The minimum atomic E-state index is -0.179. The zero-order valence-electron chi connectivity index (χ0n) is 10.6. The van der Waals surface area contributed by atoms with Gasteiger partial charge in [-0.2, -0.15) is 4.98 Å². The lowest BCUT2D eigenvalue weighted by Crippen LogP contribution is -2.51. The summed E-state index contributed by atoms with van der Waals surface area (Å²) in [5, 5.41) is 3.13. The highest BCUT2D eigenvalue weighted by molar-refractivity contribution is 5.97. The van der Waals surface area contributed by atoms with Crippen molar-refractivity contribution in [3.63, 3.8) is 0 Å². The Labute approximate surface area is 101 Å². The van der Waals surface area contributed by atoms with Crippen molar-refractivity contribution >= 4 is 11.7 Å². The van der Waals surface area contributed by atoms with Crippen molar-refractivity contribution in [3.05, 3.63) is 12.7 Å². The van der Waals surface area contributed by atoms with Crippen LogP contribution in [0.3, 0.4) is 0 Å². The summed E-state index contributed by atoms with van der Waals surface area (Å²) < 4.78 is 4.95. The summed E-state index contributed by atoms with van der Waals surface area (Å²) in [7, 11) is 1.83. The first-order valence-electron chi connectivity index (χ1n) is 5.93. The Bertz CT molecular complexity index is 386. The molecule has 0 aromatic carbocycles. The van der Waals surface area contributed by atoms with E-state index in [2.05, 4.69) is 24.1 Å². The van der Waals surface area contributed by atoms with Crippen molar-refractivity contribution in [1.82, 2.24) is 10.3 Å². The first-order chi connectivity index (χ1) is 8.06. The summed E-state index contributed by atoms with van der Waals surface area (Å²) >= 11 is 0. The van der Waals surface area contributed by atoms with E-state index in [9.17, 15) is 4.79 Å². The summed E-state index contributed by atoms with van der Waals surface area (Å²) in [4.78, 5) is 18.2. The molecule has 94 valence electrons. The maximum Gasteiger partial charge on any atom is 0.245 e. The van der Waals surface area contributed by atoms with E-state index in [1.54, 1.807) is 4.90 Å². The standard InChI is InChI=1S/C12H19N3O2/c1-12(2)5-4-6-15(9-7-17-8-14-9)11(16)10(12)13-3/h7-8,10,13H,4-6H2,1-3H3. The number of hydrogen-bond donors (Lipinski definition) is 1. The van der Waals surface area contributed by atoms with Crippen LogP contribution in [0.15, 0.2) is 17.1 Å². The van der Waals surface area contributed by atoms with Gasteiger partial charge in [0.25, 0.3) is 0 Å². The fraction of sp³-hybridized carbons (Fsp3) is 0.667. The first-order valence-corrected chi connectivity index (χ1v) is 5.93. The van der Waals surface area contributed by atoms with Gasteiger partial charge in [0.15, 0.2) is 12.2 Å². The largest absolute Gasteiger partial charge is 0.449 e. The number of aromatic nitrogens is 1. The van der Waals surface area contributed by atoms with Crippen LogP contribution in [0.5, 0.6) is 0 Å². The molecule has 1 N–H and O–H groups in total. The first kappa shape index (κ1) is 12.1. The molecule has 1 aromatic heterocycles. The van der Waals surface area contributed by atoms with E-state index in [1.807, 2.05) is 7.05 Å². The molecule has 1 fully saturated rings. The lowest BCUT2D eigenvalue weighted by atomic mass is 9.80. The Morgan fingerprint density at radius 2 is 2.35 bits per heavy atom. The van der Waals surface area contributed by atoms with E-state index in [0.717, 1.165) is 12.8 Å². The van der Waals surface area contributed by atoms with E-state index in [-0.39, 0.29) is 17.4 Å². The molecule has 2 rings (SSSR count). The number of nitrogens with zero attached hydrogens (tertiary/aromatic N) is 2. The smallest absolute Gasteiger partial charge is 0.245 e. The summed E-state index contributed by atoms with van der Waals surface area (Å²) in [6.07, 6.45) is 4.86. The highest BCUT2D eigenvalue weighted by Crippen LogP contribution is 2.32. The van der Waals surface area contributed by atoms with E-state index in [0.29, 0.717) is 12.4 Å². The molecule has 0 aliphatic carbocycles. The zero-order valence-corrected chi connectivity index (χ0v) is 10.6. The van der Waals surface area contributed by atoms with Gasteiger partial charge < -0.3 is 9.73 Å². The van der Waals surface area contributed by atoms with Crippen LogP contribution in [0.25, 0.3) is 0 Å².